The van der Waals surface area contributed by atoms with Gasteiger partial charge in [-0.3, -0.25) is 4.99 Å². The van der Waals surface area contributed by atoms with Crippen LogP contribution in [0.2, 0.25) is 0 Å². The van der Waals surface area contributed by atoms with Gasteiger partial charge in [0.1, 0.15) is 0 Å². The first-order chi connectivity index (χ1) is 6.77. The van der Waals surface area contributed by atoms with E-state index < -0.39 is 0 Å². The zero-order chi connectivity index (χ0) is 9.71. The van der Waals surface area contributed by atoms with Crippen molar-refractivity contribution >= 4 is 16.9 Å². The molecule has 0 atom stereocenters. The normalized spacial score (nSPS) is 17.9. The Bertz CT molecular complexity index is 516. The molecule has 0 bridgehead atoms. The molecule has 2 aliphatic rings. The molecule has 68 valence electrons. The molecule has 1 heteroatoms. The van der Waals surface area contributed by atoms with Crippen LogP contribution in [-0.4, -0.2) is 5.71 Å². The smallest absolute Gasteiger partial charge is 0.0747 e. The van der Waals surface area contributed by atoms with E-state index in [0.29, 0.717) is 0 Å². The second-order valence-electron chi connectivity index (χ2n) is 3.83. The molecule has 0 amide bonds. The Hall–Kier alpha value is -1.63. The van der Waals surface area contributed by atoms with Crippen molar-refractivity contribution in [3.05, 3.63) is 47.2 Å². The number of hydrogen-bond donors (Lipinski definition) is 0. The van der Waals surface area contributed by atoms with E-state index in [1.165, 1.54) is 28.0 Å². The summed E-state index contributed by atoms with van der Waals surface area (Å²) in [5.74, 6) is 0. The van der Waals surface area contributed by atoms with Crippen molar-refractivity contribution in [3.63, 3.8) is 0 Å². The number of nitrogens with zero attached hydrogens (tertiary/aromatic N) is 1. The van der Waals surface area contributed by atoms with Gasteiger partial charge in [-0.1, -0.05) is 24.3 Å². The Balaban J connectivity index is 2.34. The quantitative estimate of drug-likeness (QED) is 0.582. The third-order valence-electron chi connectivity index (χ3n) is 2.87. The lowest BCUT2D eigenvalue weighted by molar-refractivity contribution is 1.46. The van der Waals surface area contributed by atoms with Crippen LogP contribution in [0.1, 0.15) is 25.0 Å². The first-order valence-electron chi connectivity index (χ1n) is 4.85. The van der Waals surface area contributed by atoms with E-state index in [-0.39, 0.29) is 0 Å². The average Bonchev–Trinajstić information content (AvgIpc) is 2.68. The van der Waals surface area contributed by atoms with E-state index in [2.05, 4.69) is 42.3 Å². The van der Waals surface area contributed by atoms with Crippen molar-refractivity contribution in [1.82, 2.24) is 0 Å². The summed E-state index contributed by atoms with van der Waals surface area (Å²) in [5.41, 5.74) is 7.57. The van der Waals surface area contributed by atoms with Crippen LogP contribution in [0.25, 0.3) is 11.1 Å². The maximum atomic E-state index is 4.55. The minimum absolute atomic E-state index is 1.11. The van der Waals surface area contributed by atoms with Gasteiger partial charge in [0.25, 0.3) is 0 Å². The van der Waals surface area contributed by atoms with Gasteiger partial charge in [0, 0.05) is 11.3 Å². The van der Waals surface area contributed by atoms with E-state index in [0.717, 1.165) is 5.71 Å². The zero-order valence-corrected chi connectivity index (χ0v) is 8.33. The molecule has 1 aromatic carbocycles. The minimum atomic E-state index is 1.11. The predicted octanol–water partition coefficient (Wildman–Crippen LogP) is 3.29. The molecule has 0 saturated carbocycles. The molecule has 1 aromatic rings. The second-order valence-corrected chi connectivity index (χ2v) is 3.83. The first kappa shape index (κ1) is 7.74. The molecule has 1 aliphatic carbocycles. The highest BCUT2D eigenvalue weighted by molar-refractivity contribution is 6.14. The molecule has 3 rings (SSSR count). The summed E-state index contributed by atoms with van der Waals surface area (Å²) in [6.45, 7) is 4.20. The molecule has 14 heavy (non-hydrogen) atoms. The molecule has 0 radical (unpaired) electrons. The molecular formula is C13H11N. The molecule has 0 N–H and O–H groups in total. The van der Waals surface area contributed by atoms with E-state index >= 15 is 0 Å². The van der Waals surface area contributed by atoms with Gasteiger partial charge in [-0.2, -0.15) is 0 Å². The van der Waals surface area contributed by atoms with Gasteiger partial charge in [-0.15, -0.1) is 0 Å². The first-order valence-corrected chi connectivity index (χ1v) is 4.85. The monoisotopic (exact) mass is 181 g/mol. The van der Waals surface area contributed by atoms with Gasteiger partial charge in [-0.25, -0.2) is 0 Å². The summed E-state index contributed by atoms with van der Waals surface area (Å²) in [6.07, 6.45) is 2.17. The average molecular weight is 181 g/mol. The highest BCUT2D eigenvalue weighted by atomic mass is 14.8. The Kier molecular flexibility index (Phi) is 1.35. The van der Waals surface area contributed by atoms with Gasteiger partial charge in [0.15, 0.2) is 0 Å². The van der Waals surface area contributed by atoms with Crippen molar-refractivity contribution in [2.75, 3.05) is 0 Å². The number of fused-ring (bicyclic) bond motifs is 3. The Labute approximate surface area is 83.5 Å². The highest BCUT2D eigenvalue weighted by Crippen LogP contribution is 2.43. The number of allylic oxidation sites excluding steroid dienone is 3. The van der Waals surface area contributed by atoms with Gasteiger partial charge in [0.05, 0.1) is 5.70 Å². The number of benzene rings is 1. The summed E-state index contributed by atoms with van der Waals surface area (Å²) in [4.78, 5) is 4.55. The number of rotatable bonds is 0. The van der Waals surface area contributed by atoms with Crippen molar-refractivity contribution in [2.45, 2.75) is 13.8 Å². The highest BCUT2D eigenvalue weighted by Gasteiger charge is 2.25. The minimum Gasteiger partial charge on any atom is -0.253 e. The standard InChI is InChI=1S/C13H11N/c1-8-7-12-11-6-4-3-5-10(11)9(2)13(12)14-8/h3-7H,1-2H3. The van der Waals surface area contributed by atoms with Crippen molar-refractivity contribution in [3.8, 4) is 0 Å². The molecule has 1 heterocycles. The molecular weight excluding hydrogens is 170 g/mol. The van der Waals surface area contributed by atoms with E-state index in [1.54, 1.807) is 0 Å². The summed E-state index contributed by atoms with van der Waals surface area (Å²) in [5, 5.41) is 0. The predicted molar refractivity (Wildman–Crippen MR) is 60.1 cm³/mol. The topological polar surface area (TPSA) is 12.4 Å². The Morgan fingerprint density at radius 1 is 1.00 bits per heavy atom. The van der Waals surface area contributed by atoms with E-state index in [1.807, 2.05) is 6.92 Å². The van der Waals surface area contributed by atoms with Crippen molar-refractivity contribution in [2.24, 2.45) is 4.99 Å². The second kappa shape index (κ2) is 2.44. The van der Waals surface area contributed by atoms with Crippen LogP contribution in [0.15, 0.2) is 41.0 Å². The van der Waals surface area contributed by atoms with Gasteiger partial charge < -0.3 is 0 Å². The van der Waals surface area contributed by atoms with Gasteiger partial charge in [0.2, 0.25) is 0 Å². The molecule has 1 nitrogen and oxygen atoms in total. The van der Waals surface area contributed by atoms with E-state index in [9.17, 15) is 0 Å². The van der Waals surface area contributed by atoms with Crippen molar-refractivity contribution in [1.29, 1.82) is 0 Å². The molecule has 0 aromatic heterocycles. The van der Waals surface area contributed by atoms with Crippen LogP contribution in [0.3, 0.4) is 0 Å². The van der Waals surface area contributed by atoms with Crippen LogP contribution in [0.4, 0.5) is 0 Å². The van der Waals surface area contributed by atoms with Crippen LogP contribution in [0, 0.1) is 0 Å². The third-order valence-corrected chi connectivity index (χ3v) is 2.87. The molecule has 0 saturated heterocycles. The zero-order valence-electron chi connectivity index (χ0n) is 8.33. The Morgan fingerprint density at radius 3 is 2.50 bits per heavy atom. The SMILES string of the molecule is CC1=NC2=C(C)c3ccccc3C2=C1. The summed E-state index contributed by atoms with van der Waals surface area (Å²) < 4.78 is 0. The van der Waals surface area contributed by atoms with E-state index in [4.69, 9.17) is 0 Å². The van der Waals surface area contributed by atoms with Crippen LogP contribution in [-0.2, 0) is 0 Å². The van der Waals surface area contributed by atoms with Crippen LogP contribution in [0.5, 0.6) is 0 Å². The lowest BCUT2D eigenvalue weighted by atomic mass is 10.0. The van der Waals surface area contributed by atoms with Crippen LogP contribution < -0.4 is 0 Å². The molecule has 0 spiro atoms. The maximum Gasteiger partial charge on any atom is 0.0747 e. The fraction of sp³-hybridized carbons (Fsp3) is 0.154. The maximum absolute atomic E-state index is 4.55. The van der Waals surface area contributed by atoms with Gasteiger partial charge in [-0.05, 0) is 36.6 Å². The largest absolute Gasteiger partial charge is 0.253 e. The fourth-order valence-corrected chi connectivity index (χ4v) is 2.21. The van der Waals surface area contributed by atoms with Crippen LogP contribution >= 0.6 is 0 Å². The fourth-order valence-electron chi connectivity index (χ4n) is 2.21. The molecule has 0 fully saturated rings. The number of hydrogen-bond acceptors (Lipinski definition) is 1. The van der Waals surface area contributed by atoms with Gasteiger partial charge >= 0.3 is 0 Å². The summed E-state index contributed by atoms with van der Waals surface area (Å²) in [7, 11) is 0. The lowest BCUT2D eigenvalue weighted by Crippen LogP contribution is -1.83. The Morgan fingerprint density at radius 2 is 1.71 bits per heavy atom. The summed E-state index contributed by atoms with van der Waals surface area (Å²) in [6, 6.07) is 8.51. The third kappa shape index (κ3) is 0.818. The molecule has 1 aliphatic heterocycles. The molecule has 0 unspecified atom stereocenters. The summed E-state index contributed by atoms with van der Waals surface area (Å²) >= 11 is 0. The van der Waals surface area contributed by atoms with Crippen molar-refractivity contribution < 1.29 is 0 Å². The lowest BCUT2D eigenvalue weighted by Gasteiger charge is -1.99. The number of aliphatic imine (C=N–C) groups is 1.